The third-order valence-corrected chi connectivity index (χ3v) is 3.79. The molecular weight excluding hydrogens is 360 g/mol. The number of benzene rings is 2. The quantitative estimate of drug-likeness (QED) is 0.406. The van der Waals surface area contributed by atoms with Crippen molar-refractivity contribution in [3.63, 3.8) is 0 Å². The predicted octanol–water partition coefficient (Wildman–Crippen LogP) is 3.21. The van der Waals surface area contributed by atoms with Gasteiger partial charge < -0.3 is 10.4 Å². The van der Waals surface area contributed by atoms with E-state index in [2.05, 4.69) is 15.8 Å². The van der Waals surface area contributed by atoms with E-state index in [0.29, 0.717) is 0 Å². The Morgan fingerprint density at radius 1 is 1.38 bits per heavy atom. The highest BCUT2D eigenvalue weighted by atomic mass is 35.5. The second-order valence-corrected chi connectivity index (χ2v) is 5.97. The number of amides is 1. The number of hydrogen-bond donors (Lipinski definition) is 3. The van der Waals surface area contributed by atoms with Gasteiger partial charge in [-0.05, 0) is 31.5 Å². The van der Waals surface area contributed by atoms with Crippen LogP contribution in [0.5, 0.6) is 5.75 Å². The zero-order chi connectivity index (χ0) is 19.3. The number of carbonyl (C=O) groups is 1. The Labute approximate surface area is 154 Å². The number of hydrogen-bond acceptors (Lipinski definition) is 6. The molecule has 0 aliphatic heterocycles. The second kappa shape index (κ2) is 8.30. The van der Waals surface area contributed by atoms with Crippen molar-refractivity contribution in [2.24, 2.45) is 5.10 Å². The molecule has 0 aliphatic carbocycles. The van der Waals surface area contributed by atoms with Crippen LogP contribution in [-0.4, -0.2) is 28.2 Å². The number of para-hydroxylation sites is 1. The molecule has 2 aromatic carbocycles. The maximum absolute atomic E-state index is 12.1. The number of hydrazone groups is 1. The van der Waals surface area contributed by atoms with Crippen molar-refractivity contribution in [2.75, 3.05) is 5.32 Å². The molecule has 0 saturated heterocycles. The maximum atomic E-state index is 12.1. The first-order chi connectivity index (χ1) is 12.3. The van der Waals surface area contributed by atoms with Gasteiger partial charge in [-0.1, -0.05) is 29.8 Å². The number of rotatable bonds is 6. The van der Waals surface area contributed by atoms with Gasteiger partial charge in [0.2, 0.25) is 5.75 Å². The van der Waals surface area contributed by atoms with Crippen LogP contribution in [-0.2, 0) is 4.79 Å². The second-order valence-electron chi connectivity index (χ2n) is 5.54. The Balaban J connectivity index is 2.05. The van der Waals surface area contributed by atoms with Crippen molar-refractivity contribution in [3.8, 4) is 5.75 Å². The minimum atomic E-state index is -0.759. The lowest BCUT2D eigenvalue weighted by Crippen LogP contribution is -2.35. The molecule has 3 N–H and O–H groups in total. The molecule has 0 saturated carbocycles. The lowest BCUT2D eigenvalue weighted by atomic mass is 10.2. The molecule has 0 unspecified atom stereocenters. The van der Waals surface area contributed by atoms with E-state index in [0.717, 1.165) is 23.5 Å². The summed E-state index contributed by atoms with van der Waals surface area (Å²) in [4.78, 5) is 22.2. The van der Waals surface area contributed by atoms with Gasteiger partial charge in [0.05, 0.1) is 11.1 Å². The molecule has 2 rings (SSSR count). The largest absolute Gasteiger partial charge is 0.502 e. The molecule has 26 heavy (non-hydrogen) atoms. The van der Waals surface area contributed by atoms with Crippen molar-refractivity contribution in [1.29, 1.82) is 0 Å². The topological polar surface area (TPSA) is 117 Å². The Kier molecular flexibility index (Phi) is 6.13. The molecule has 0 heterocycles. The van der Waals surface area contributed by atoms with Crippen LogP contribution in [0.1, 0.15) is 18.1 Å². The summed E-state index contributed by atoms with van der Waals surface area (Å²) in [6.07, 6.45) is 1.09. The van der Waals surface area contributed by atoms with E-state index in [9.17, 15) is 20.0 Å². The van der Waals surface area contributed by atoms with Crippen LogP contribution in [0, 0.1) is 17.0 Å². The summed E-state index contributed by atoms with van der Waals surface area (Å²) in [5.41, 5.74) is 3.60. The van der Waals surface area contributed by atoms with Gasteiger partial charge in [0.1, 0.15) is 6.04 Å². The van der Waals surface area contributed by atoms with E-state index in [4.69, 9.17) is 11.6 Å². The Bertz CT molecular complexity index is 870. The van der Waals surface area contributed by atoms with Gasteiger partial charge in [0.15, 0.2) is 0 Å². The smallest absolute Gasteiger partial charge is 0.312 e. The summed E-state index contributed by atoms with van der Waals surface area (Å²) in [5, 5.41) is 27.6. The number of aryl methyl sites for hydroxylation is 1. The number of nitrogens with one attached hydrogen (secondary N) is 2. The zero-order valence-electron chi connectivity index (χ0n) is 14.1. The molecule has 0 radical (unpaired) electrons. The Morgan fingerprint density at radius 2 is 2.08 bits per heavy atom. The van der Waals surface area contributed by atoms with Crippen molar-refractivity contribution in [2.45, 2.75) is 19.9 Å². The highest BCUT2D eigenvalue weighted by molar-refractivity contribution is 6.31. The number of phenolic OH excluding ortho intramolecular Hbond substituents is 1. The fourth-order valence-corrected chi connectivity index (χ4v) is 2.36. The number of aromatic hydroxyl groups is 1. The van der Waals surface area contributed by atoms with E-state index in [-0.39, 0.29) is 10.6 Å². The summed E-state index contributed by atoms with van der Waals surface area (Å²) in [6.45, 7) is 3.58. The zero-order valence-corrected chi connectivity index (χ0v) is 14.8. The average molecular weight is 377 g/mol. The highest BCUT2D eigenvalue weighted by Crippen LogP contribution is 2.32. The molecule has 0 bridgehead atoms. The molecule has 0 spiro atoms. The molecule has 8 nitrogen and oxygen atoms in total. The summed E-state index contributed by atoms with van der Waals surface area (Å²) in [5.74, 6) is -0.996. The van der Waals surface area contributed by atoms with Crippen LogP contribution >= 0.6 is 11.6 Å². The third-order valence-electron chi connectivity index (χ3n) is 3.57. The maximum Gasteiger partial charge on any atom is 0.312 e. The van der Waals surface area contributed by atoms with E-state index in [1.54, 1.807) is 6.92 Å². The molecule has 0 aliphatic rings. The summed E-state index contributed by atoms with van der Waals surface area (Å²) in [6, 6.07) is 9.27. The van der Waals surface area contributed by atoms with E-state index >= 15 is 0 Å². The number of halogens is 1. The molecule has 2 aromatic rings. The molecule has 0 aromatic heterocycles. The minimum absolute atomic E-state index is 0.0176. The van der Waals surface area contributed by atoms with Gasteiger partial charge in [0, 0.05) is 22.3 Å². The van der Waals surface area contributed by atoms with E-state index in [1.165, 1.54) is 6.07 Å². The van der Waals surface area contributed by atoms with Crippen LogP contribution in [0.25, 0.3) is 0 Å². The normalized spacial score (nSPS) is 12.0. The molecule has 1 amide bonds. The third kappa shape index (κ3) is 4.70. The first-order valence-electron chi connectivity index (χ1n) is 7.61. The summed E-state index contributed by atoms with van der Waals surface area (Å²) in [7, 11) is 0. The Morgan fingerprint density at radius 3 is 2.73 bits per heavy atom. The van der Waals surface area contributed by atoms with Gasteiger partial charge in [-0.25, -0.2) is 5.43 Å². The van der Waals surface area contributed by atoms with E-state index < -0.39 is 28.3 Å². The molecule has 9 heteroatoms. The van der Waals surface area contributed by atoms with Crippen molar-refractivity contribution in [1.82, 2.24) is 5.43 Å². The number of phenols is 1. The first-order valence-corrected chi connectivity index (χ1v) is 7.99. The van der Waals surface area contributed by atoms with Crippen LogP contribution in [0.15, 0.2) is 41.5 Å². The number of carbonyl (C=O) groups excluding carboxylic acids is 1. The fourth-order valence-electron chi connectivity index (χ4n) is 2.14. The molecular formula is C17H17ClN4O4. The number of anilines is 1. The van der Waals surface area contributed by atoms with Gasteiger partial charge in [-0.2, -0.15) is 5.10 Å². The Hall–Kier alpha value is -3.13. The van der Waals surface area contributed by atoms with Crippen LogP contribution < -0.4 is 10.7 Å². The summed E-state index contributed by atoms with van der Waals surface area (Å²) >= 11 is 5.79. The van der Waals surface area contributed by atoms with Gasteiger partial charge >= 0.3 is 5.69 Å². The van der Waals surface area contributed by atoms with Crippen molar-refractivity contribution in [3.05, 3.63) is 62.7 Å². The van der Waals surface area contributed by atoms with Gasteiger partial charge in [-0.3, -0.25) is 14.9 Å². The number of nitro groups is 1. The predicted molar refractivity (Wildman–Crippen MR) is 99.8 cm³/mol. The monoisotopic (exact) mass is 376 g/mol. The van der Waals surface area contributed by atoms with Crippen LogP contribution in [0.3, 0.4) is 0 Å². The van der Waals surface area contributed by atoms with E-state index in [1.807, 2.05) is 31.2 Å². The first kappa shape index (κ1) is 19.2. The fraction of sp³-hybridized carbons (Fsp3) is 0.176. The highest BCUT2D eigenvalue weighted by Gasteiger charge is 2.18. The van der Waals surface area contributed by atoms with Gasteiger partial charge in [-0.15, -0.1) is 0 Å². The van der Waals surface area contributed by atoms with Crippen molar-refractivity contribution >= 4 is 35.1 Å². The van der Waals surface area contributed by atoms with Gasteiger partial charge in [0.25, 0.3) is 5.91 Å². The lowest BCUT2D eigenvalue weighted by Gasteiger charge is -2.15. The SMILES string of the molecule is Cc1ccccc1N[C@H](C)C(=O)N/N=C\c1cc(Cl)cc([N+](=O)[O-])c1O. The lowest BCUT2D eigenvalue weighted by molar-refractivity contribution is -0.385. The standard InChI is InChI=1S/C17H17ClN4O4/c1-10-5-3-4-6-14(10)20-11(2)17(24)21-19-9-12-7-13(18)8-15(16(12)23)22(25)26/h3-9,11,20,23H,1-2H3,(H,21,24)/b19-9-/t11-/m1/s1. The van der Waals surface area contributed by atoms with Crippen LogP contribution in [0.2, 0.25) is 5.02 Å². The molecule has 0 fully saturated rings. The van der Waals surface area contributed by atoms with Crippen molar-refractivity contribution < 1.29 is 14.8 Å². The molecule has 136 valence electrons. The number of nitrogens with zero attached hydrogens (tertiary/aromatic N) is 2. The molecule has 1 atom stereocenters. The summed E-state index contributed by atoms with van der Waals surface area (Å²) < 4.78 is 0. The average Bonchev–Trinajstić information content (AvgIpc) is 2.59. The minimum Gasteiger partial charge on any atom is -0.502 e. The number of nitro benzene ring substituents is 1. The van der Waals surface area contributed by atoms with Crippen LogP contribution in [0.4, 0.5) is 11.4 Å².